The van der Waals surface area contributed by atoms with Crippen molar-refractivity contribution in [3.63, 3.8) is 0 Å². The highest BCUT2D eigenvalue weighted by Gasteiger charge is 2.23. The van der Waals surface area contributed by atoms with Crippen LogP contribution in [0.25, 0.3) is 21.9 Å². The number of fused-ring (bicyclic) bond motifs is 3. The highest BCUT2D eigenvalue weighted by atomic mass is 35.5. The van der Waals surface area contributed by atoms with Crippen LogP contribution in [0.5, 0.6) is 11.5 Å². The van der Waals surface area contributed by atoms with Crippen LogP contribution in [-0.4, -0.2) is 65.7 Å². The lowest BCUT2D eigenvalue weighted by Crippen LogP contribution is -2.50. The monoisotopic (exact) mass is 481 g/mol. The average Bonchev–Trinajstić information content (AvgIpc) is 3.23. The SMILES string of the molecule is COc1cc2[nH]c3c(=O)n(CC(=O)N4CCN(c5cccc(Cl)c5)CC4)cnc3c2cc1OC. The minimum atomic E-state index is -0.301. The van der Waals surface area contributed by atoms with Crippen LogP contribution in [0.3, 0.4) is 0 Å². The summed E-state index contributed by atoms with van der Waals surface area (Å²) >= 11 is 6.10. The van der Waals surface area contributed by atoms with E-state index in [1.54, 1.807) is 31.3 Å². The molecule has 5 rings (SSSR count). The number of amides is 1. The molecule has 176 valence electrons. The van der Waals surface area contributed by atoms with E-state index >= 15 is 0 Å². The predicted octanol–water partition coefficient (Wildman–Crippen LogP) is 2.90. The molecule has 1 saturated heterocycles. The van der Waals surface area contributed by atoms with E-state index in [1.165, 1.54) is 10.9 Å². The molecule has 1 aliphatic rings. The molecular formula is C24H24ClN5O4. The Morgan fingerprint density at radius 3 is 2.53 bits per heavy atom. The van der Waals surface area contributed by atoms with Crippen molar-refractivity contribution in [2.75, 3.05) is 45.3 Å². The molecule has 0 atom stereocenters. The number of carbonyl (C=O) groups excluding carboxylic acids is 1. The molecule has 9 nitrogen and oxygen atoms in total. The molecule has 34 heavy (non-hydrogen) atoms. The van der Waals surface area contributed by atoms with Crippen LogP contribution < -0.4 is 19.9 Å². The van der Waals surface area contributed by atoms with Gasteiger partial charge in [0.15, 0.2) is 11.5 Å². The van der Waals surface area contributed by atoms with Crippen LogP contribution >= 0.6 is 11.6 Å². The number of H-pyrrole nitrogens is 1. The van der Waals surface area contributed by atoms with Gasteiger partial charge in [-0.1, -0.05) is 17.7 Å². The quantitative estimate of drug-likeness (QED) is 0.471. The second-order valence-corrected chi connectivity index (χ2v) is 8.56. The Labute approximate surface area is 200 Å². The lowest BCUT2D eigenvalue weighted by Gasteiger charge is -2.36. The first-order valence-corrected chi connectivity index (χ1v) is 11.3. The van der Waals surface area contributed by atoms with E-state index in [4.69, 9.17) is 21.1 Å². The number of aromatic nitrogens is 3. The van der Waals surface area contributed by atoms with Crippen LogP contribution in [0.15, 0.2) is 47.5 Å². The van der Waals surface area contributed by atoms with E-state index in [9.17, 15) is 9.59 Å². The molecule has 0 bridgehead atoms. The van der Waals surface area contributed by atoms with Crippen LogP contribution in [0.2, 0.25) is 5.02 Å². The topological polar surface area (TPSA) is 92.7 Å². The van der Waals surface area contributed by atoms with Gasteiger partial charge in [-0.3, -0.25) is 14.2 Å². The largest absolute Gasteiger partial charge is 0.493 e. The zero-order valence-electron chi connectivity index (χ0n) is 18.9. The first-order valence-electron chi connectivity index (χ1n) is 10.9. The lowest BCUT2D eigenvalue weighted by molar-refractivity contribution is -0.132. The fourth-order valence-electron chi connectivity index (χ4n) is 4.36. The number of halogens is 1. The van der Waals surface area contributed by atoms with Crippen molar-refractivity contribution in [1.82, 2.24) is 19.4 Å². The third-order valence-corrected chi connectivity index (χ3v) is 6.42. The molecule has 0 radical (unpaired) electrons. The Balaban J connectivity index is 1.34. The second-order valence-electron chi connectivity index (χ2n) is 8.13. The van der Waals surface area contributed by atoms with Gasteiger partial charge in [0.25, 0.3) is 5.56 Å². The smallest absolute Gasteiger partial charge is 0.278 e. The fourth-order valence-corrected chi connectivity index (χ4v) is 4.55. The minimum Gasteiger partial charge on any atom is -0.493 e. The molecule has 10 heteroatoms. The number of rotatable bonds is 5. The zero-order valence-corrected chi connectivity index (χ0v) is 19.6. The molecule has 2 aromatic carbocycles. The van der Waals surface area contributed by atoms with Crippen molar-refractivity contribution in [3.05, 3.63) is 58.1 Å². The summed E-state index contributed by atoms with van der Waals surface area (Å²) in [5.74, 6) is 0.983. The van der Waals surface area contributed by atoms with Crippen molar-refractivity contribution in [1.29, 1.82) is 0 Å². The van der Waals surface area contributed by atoms with E-state index in [0.29, 0.717) is 59.3 Å². The lowest BCUT2D eigenvalue weighted by atomic mass is 10.2. The van der Waals surface area contributed by atoms with Gasteiger partial charge in [-0.15, -0.1) is 0 Å². The molecule has 0 spiro atoms. The molecule has 1 fully saturated rings. The molecule has 2 aromatic heterocycles. The maximum absolute atomic E-state index is 13.1. The van der Waals surface area contributed by atoms with Crippen LogP contribution in [-0.2, 0) is 11.3 Å². The molecule has 1 N–H and O–H groups in total. The zero-order chi connectivity index (χ0) is 23.8. The molecule has 0 aliphatic carbocycles. The number of hydrogen-bond donors (Lipinski definition) is 1. The summed E-state index contributed by atoms with van der Waals surface area (Å²) in [7, 11) is 3.11. The van der Waals surface area contributed by atoms with Gasteiger partial charge in [0.05, 0.1) is 26.1 Å². The Kier molecular flexibility index (Phi) is 5.79. The summed E-state index contributed by atoms with van der Waals surface area (Å²) in [5, 5.41) is 1.44. The number of benzene rings is 2. The second kappa shape index (κ2) is 8.90. The van der Waals surface area contributed by atoms with Crippen molar-refractivity contribution >= 4 is 45.1 Å². The van der Waals surface area contributed by atoms with Gasteiger partial charge < -0.3 is 24.3 Å². The standard InChI is InChI=1S/C24H24ClN5O4/c1-33-19-11-17-18(12-20(19)34-2)27-23-22(17)26-14-30(24(23)32)13-21(31)29-8-6-28(7-9-29)16-5-3-4-15(25)10-16/h3-5,10-12,14,27H,6-9,13H2,1-2H3. The minimum absolute atomic E-state index is 0.0685. The molecule has 4 aromatic rings. The van der Waals surface area contributed by atoms with Gasteiger partial charge in [0.1, 0.15) is 17.6 Å². The summed E-state index contributed by atoms with van der Waals surface area (Å²) in [6.45, 7) is 2.47. The van der Waals surface area contributed by atoms with Gasteiger partial charge in [-0.2, -0.15) is 0 Å². The number of anilines is 1. The number of ether oxygens (including phenoxy) is 2. The number of carbonyl (C=O) groups is 1. The molecule has 1 aliphatic heterocycles. The van der Waals surface area contributed by atoms with Gasteiger partial charge in [-0.05, 0) is 24.3 Å². The number of nitrogens with one attached hydrogen (secondary N) is 1. The Morgan fingerprint density at radius 1 is 1.09 bits per heavy atom. The predicted molar refractivity (Wildman–Crippen MR) is 131 cm³/mol. The Morgan fingerprint density at radius 2 is 1.82 bits per heavy atom. The molecule has 1 amide bonds. The van der Waals surface area contributed by atoms with E-state index < -0.39 is 0 Å². The first kappa shape index (κ1) is 22.1. The normalized spacial score (nSPS) is 14.1. The first-order chi connectivity index (χ1) is 16.5. The number of hydrogen-bond acceptors (Lipinski definition) is 6. The molecule has 3 heterocycles. The summed E-state index contributed by atoms with van der Waals surface area (Å²) in [5.41, 5.74) is 2.31. The van der Waals surface area contributed by atoms with Crippen molar-refractivity contribution in [2.45, 2.75) is 6.54 Å². The summed E-state index contributed by atoms with van der Waals surface area (Å²) in [4.78, 5) is 37.6. The van der Waals surface area contributed by atoms with Crippen molar-refractivity contribution in [2.24, 2.45) is 0 Å². The molecular weight excluding hydrogens is 458 g/mol. The number of piperazine rings is 1. The van der Waals surface area contributed by atoms with Crippen molar-refractivity contribution in [3.8, 4) is 11.5 Å². The van der Waals surface area contributed by atoms with E-state index in [1.807, 2.05) is 24.3 Å². The van der Waals surface area contributed by atoms with E-state index in [0.717, 1.165) is 11.1 Å². The molecule has 0 unspecified atom stereocenters. The third-order valence-electron chi connectivity index (χ3n) is 6.19. The van der Waals surface area contributed by atoms with Gasteiger partial charge >= 0.3 is 0 Å². The van der Waals surface area contributed by atoms with Crippen LogP contribution in [0.1, 0.15) is 0 Å². The maximum Gasteiger partial charge on any atom is 0.278 e. The van der Waals surface area contributed by atoms with Crippen molar-refractivity contribution < 1.29 is 14.3 Å². The highest BCUT2D eigenvalue weighted by molar-refractivity contribution is 6.30. The average molecular weight is 482 g/mol. The summed E-state index contributed by atoms with van der Waals surface area (Å²) in [6.07, 6.45) is 1.43. The Hall–Kier alpha value is -3.72. The highest BCUT2D eigenvalue weighted by Crippen LogP contribution is 2.34. The summed E-state index contributed by atoms with van der Waals surface area (Å²) in [6, 6.07) is 11.2. The van der Waals surface area contributed by atoms with Gasteiger partial charge in [-0.25, -0.2) is 4.98 Å². The number of aromatic amines is 1. The van der Waals surface area contributed by atoms with Crippen LogP contribution in [0.4, 0.5) is 5.69 Å². The fraction of sp³-hybridized carbons (Fsp3) is 0.292. The maximum atomic E-state index is 13.1. The van der Waals surface area contributed by atoms with Crippen LogP contribution in [0, 0.1) is 0 Å². The number of methoxy groups -OCH3 is 2. The van der Waals surface area contributed by atoms with Gasteiger partial charge in [0.2, 0.25) is 5.91 Å². The Bertz CT molecular complexity index is 1440. The van der Waals surface area contributed by atoms with E-state index in [2.05, 4.69) is 14.9 Å². The van der Waals surface area contributed by atoms with Gasteiger partial charge in [0, 0.05) is 48.3 Å². The molecule has 0 saturated carbocycles. The third kappa shape index (κ3) is 3.92. The number of nitrogens with zero attached hydrogens (tertiary/aromatic N) is 4. The van der Waals surface area contributed by atoms with E-state index in [-0.39, 0.29) is 18.0 Å². The summed E-state index contributed by atoms with van der Waals surface area (Å²) < 4.78 is 12.1.